The van der Waals surface area contributed by atoms with Crippen molar-refractivity contribution in [1.29, 1.82) is 0 Å². The Morgan fingerprint density at radius 1 is 1.40 bits per heavy atom. The predicted octanol–water partition coefficient (Wildman–Crippen LogP) is 1.88. The maximum absolute atomic E-state index is 8.82. The molecule has 15 heavy (non-hydrogen) atoms. The van der Waals surface area contributed by atoms with Crippen molar-refractivity contribution < 1.29 is 14.7 Å². The summed E-state index contributed by atoms with van der Waals surface area (Å²) < 4.78 is 10.3. The van der Waals surface area contributed by atoms with Gasteiger partial charge in [0.1, 0.15) is 5.75 Å². The van der Waals surface area contributed by atoms with E-state index < -0.39 is 0 Å². The standard InChI is InChI=1S/C11H17NO3/c1-8(12-13)9-4-5-11(15-3)10(6-9)7-14-2/h4-6,8,12-13H,7H2,1-3H3. The Labute approximate surface area is 89.8 Å². The molecule has 0 saturated heterocycles. The zero-order valence-corrected chi connectivity index (χ0v) is 9.28. The topological polar surface area (TPSA) is 50.7 Å². The van der Waals surface area contributed by atoms with Crippen LogP contribution >= 0.6 is 0 Å². The van der Waals surface area contributed by atoms with E-state index in [1.54, 1.807) is 14.2 Å². The number of benzene rings is 1. The summed E-state index contributed by atoms with van der Waals surface area (Å²) >= 11 is 0. The first-order valence-electron chi connectivity index (χ1n) is 4.78. The summed E-state index contributed by atoms with van der Waals surface area (Å²) in [7, 11) is 3.27. The first kappa shape index (κ1) is 12.0. The van der Waals surface area contributed by atoms with Crippen molar-refractivity contribution in [2.75, 3.05) is 14.2 Å². The average Bonchev–Trinajstić information content (AvgIpc) is 2.28. The summed E-state index contributed by atoms with van der Waals surface area (Å²) in [5.74, 6) is 0.797. The highest BCUT2D eigenvalue weighted by Crippen LogP contribution is 2.23. The summed E-state index contributed by atoms with van der Waals surface area (Å²) in [6.45, 7) is 2.37. The lowest BCUT2D eigenvalue weighted by atomic mass is 10.1. The number of hydroxylamine groups is 1. The molecule has 1 rings (SSSR count). The van der Waals surface area contributed by atoms with Crippen LogP contribution in [0.5, 0.6) is 5.75 Å². The molecule has 0 fully saturated rings. The molecule has 1 atom stereocenters. The van der Waals surface area contributed by atoms with Crippen LogP contribution in [0.25, 0.3) is 0 Å². The van der Waals surface area contributed by atoms with Gasteiger partial charge >= 0.3 is 0 Å². The van der Waals surface area contributed by atoms with Gasteiger partial charge in [0.2, 0.25) is 0 Å². The van der Waals surface area contributed by atoms with E-state index in [9.17, 15) is 0 Å². The van der Waals surface area contributed by atoms with Gasteiger partial charge in [-0.25, -0.2) is 0 Å². The Morgan fingerprint density at radius 3 is 2.67 bits per heavy atom. The van der Waals surface area contributed by atoms with Crippen molar-refractivity contribution in [2.24, 2.45) is 0 Å². The second kappa shape index (κ2) is 5.70. The first-order valence-corrected chi connectivity index (χ1v) is 4.78. The number of hydrogen-bond donors (Lipinski definition) is 2. The van der Waals surface area contributed by atoms with E-state index in [2.05, 4.69) is 5.48 Å². The molecule has 4 heteroatoms. The third-order valence-corrected chi connectivity index (χ3v) is 2.30. The second-order valence-corrected chi connectivity index (χ2v) is 3.36. The molecule has 0 aliphatic heterocycles. The molecule has 4 nitrogen and oxygen atoms in total. The Hall–Kier alpha value is -1.10. The Balaban J connectivity index is 2.98. The first-order chi connectivity index (χ1) is 7.22. The molecule has 0 heterocycles. The molecule has 0 spiro atoms. The van der Waals surface area contributed by atoms with Crippen LogP contribution in [0.3, 0.4) is 0 Å². The van der Waals surface area contributed by atoms with Crippen molar-refractivity contribution in [3.8, 4) is 5.75 Å². The van der Waals surface area contributed by atoms with E-state index in [0.717, 1.165) is 16.9 Å². The number of rotatable bonds is 5. The molecule has 1 unspecified atom stereocenters. The van der Waals surface area contributed by atoms with Gasteiger partial charge in [0.05, 0.1) is 19.8 Å². The third kappa shape index (κ3) is 2.92. The molecule has 1 aromatic rings. The van der Waals surface area contributed by atoms with Crippen LogP contribution in [0, 0.1) is 0 Å². The van der Waals surface area contributed by atoms with Gasteiger partial charge in [0, 0.05) is 12.7 Å². The van der Waals surface area contributed by atoms with Crippen LogP contribution in [-0.4, -0.2) is 19.4 Å². The van der Waals surface area contributed by atoms with Crippen LogP contribution < -0.4 is 10.2 Å². The monoisotopic (exact) mass is 211 g/mol. The van der Waals surface area contributed by atoms with Crippen molar-refractivity contribution in [2.45, 2.75) is 19.6 Å². The predicted molar refractivity (Wildman–Crippen MR) is 57.0 cm³/mol. The molecule has 1 aromatic carbocycles. The lowest BCUT2D eigenvalue weighted by Gasteiger charge is -2.13. The number of hydrogen-bond acceptors (Lipinski definition) is 4. The molecule has 2 N–H and O–H groups in total. The van der Waals surface area contributed by atoms with E-state index >= 15 is 0 Å². The Kier molecular flexibility index (Phi) is 4.55. The number of ether oxygens (including phenoxy) is 2. The lowest BCUT2D eigenvalue weighted by Crippen LogP contribution is -2.13. The van der Waals surface area contributed by atoms with E-state index in [1.165, 1.54) is 0 Å². The fourth-order valence-electron chi connectivity index (χ4n) is 1.41. The van der Waals surface area contributed by atoms with Crippen molar-refractivity contribution >= 4 is 0 Å². The highest BCUT2D eigenvalue weighted by molar-refractivity contribution is 5.37. The fourth-order valence-corrected chi connectivity index (χ4v) is 1.41. The summed E-state index contributed by atoms with van der Waals surface area (Å²) in [6.07, 6.45) is 0. The molecule has 0 aliphatic carbocycles. The van der Waals surface area contributed by atoms with Crippen molar-refractivity contribution in [1.82, 2.24) is 5.48 Å². The maximum Gasteiger partial charge on any atom is 0.124 e. The molecular weight excluding hydrogens is 194 g/mol. The van der Waals surface area contributed by atoms with Gasteiger partial charge in [-0.3, -0.25) is 0 Å². The number of methoxy groups -OCH3 is 2. The summed E-state index contributed by atoms with van der Waals surface area (Å²) in [5.41, 5.74) is 4.17. The zero-order valence-electron chi connectivity index (χ0n) is 9.28. The van der Waals surface area contributed by atoms with E-state index in [4.69, 9.17) is 14.7 Å². The Morgan fingerprint density at radius 2 is 2.13 bits per heavy atom. The molecule has 0 aliphatic rings. The van der Waals surface area contributed by atoms with Gasteiger partial charge in [0.15, 0.2) is 0 Å². The van der Waals surface area contributed by atoms with Crippen LogP contribution in [0.2, 0.25) is 0 Å². The van der Waals surface area contributed by atoms with Crippen LogP contribution in [0.1, 0.15) is 24.1 Å². The van der Waals surface area contributed by atoms with E-state index in [1.807, 2.05) is 25.1 Å². The van der Waals surface area contributed by atoms with E-state index in [-0.39, 0.29) is 6.04 Å². The van der Waals surface area contributed by atoms with Gasteiger partial charge < -0.3 is 14.7 Å². The van der Waals surface area contributed by atoms with Crippen LogP contribution in [0.4, 0.5) is 0 Å². The van der Waals surface area contributed by atoms with Gasteiger partial charge in [0.25, 0.3) is 0 Å². The minimum atomic E-state index is -0.105. The van der Waals surface area contributed by atoms with Gasteiger partial charge in [-0.2, -0.15) is 5.48 Å². The average molecular weight is 211 g/mol. The highest BCUT2D eigenvalue weighted by Gasteiger charge is 2.08. The summed E-state index contributed by atoms with van der Waals surface area (Å²) in [6, 6.07) is 5.63. The summed E-state index contributed by atoms with van der Waals surface area (Å²) in [5, 5.41) is 8.82. The zero-order chi connectivity index (χ0) is 11.3. The number of nitrogens with one attached hydrogen (secondary N) is 1. The van der Waals surface area contributed by atoms with E-state index in [0.29, 0.717) is 6.61 Å². The maximum atomic E-state index is 8.82. The quantitative estimate of drug-likeness (QED) is 0.730. The van der Waals surface area contributed by atoms with Crippen molar-refractivity contribution in [3.63, 3.8) is 0 Å². The molecule has 0 bridgehead atoms. The molecule has 0 aromatic heterocycles. The largest absolute Gasteiger partial charge is 0.496 e. The van der Waals surface area contributed by atoms with Crippen LogP contribution in [0.15, 0.2) is 18.2 Å². The molecule has 0 radical (unpaired) electrons. The van der Waals surface area contributed by atoms with Gasteiger partial charge in [-0.15, -0.1) is 0 Å². The van der Waals surface area contributed by atoms with Crippen molar-refractivity contribution in [3.05, 3.63) is 29.3 Å². The lowest BCUT2D eigenvalue weighted by molar-refractivity contribution is 0.133. The fraction of sp³-hybridized carbons (Fsp3) is 0.455. The second-order valence-electron chi connectivity index (χ2n) is 3.36. The normalized spacial score (nSPS) is 12.5. The van der Waals surface area contributed by atoms with Gasteiger partial charge in [-0.05, 0) is 24.6 Å². The highest BCUT2D eigenvalue weighted by atomic mass is 16.5. The smallest absolute Gasteiger partial charge is 0.124 e. The molecule has 0 amide bonds. The third-order valence-electron chi connectivity index (χ3n) is 2.30. The molecule has 0 saturated carbocycles. The van der Waals surface area contributed by atoms with Crippen LogP contribution in [-0.2, 0) is 11.3 Å². The molecular formula is C11H17NO3. The molecule has 84 valence electrons. The SMILES string of the molecule is COCc1cc(C(C)NO)ccc1OC. The summed E-state index contributed by atoms with van der Waals surface area (Å²) in [4.78, 5) is 0. The van der Waals surface area contributed by atoms with Gasteiger partial charge in [-0.1, -0.05) is 6.07 Å². The minimum absolute atomic E-state index is 0.105. The minimum Gasteiger partial charge on any atom is -0.496 e. The Bertz CT molecular complexity index is 315.